The maximum Gasteiger partial charge on any atom is 0.129 e. The van der Waals surface area contributed by atoms with Crippen molar-refractivity contribution in [3.8, 4) is 5.75 Å². The van der Waals surface area contributed by atoms with E-state index in [2.05, 4.69) is 37.0 Å². The van der Waals surface area contributed by atoms with Crippen LogP contribution in [0.25, 0.3) is 0 Å². The Balaban J connectivity index is 1.90. The molecule has 1 aliphatic rings. The lowest BCUT2D eigenvalue weighted by atomic mass is 9.84. The maximum absolute atomic E-state index is 5.91. The molecular formula is C20H22N2O. The van der Waals surface area contributed by atoms with Gasteiger partial charge in [-0.1, -0.05) is 26.0 Å². The van der Waals surface area contributed by atoms with E-state index in [0.717, 1.165) is 29.9 Å². The first-order valence-electron chi connectivity index (χ1n) is 8.07. The lowest BCUT2D eigenvalue weighted by molar-refractivity contribution is 0.289. The molecule has 2 aromatic rings. The molecule has 118 valence electrons. The number of hydrogen-bond donors (Lipinski definition) is 0. The van der Waals surface area contributed by atoms with Crippen molar-refractivity contribution < 1.29 is 4.74 Å². The molecule has 1 aromatic heterocycles. The highest BCUT2D eigenvalue weighted by Gasteiger charge is 2.32. The number of ether oxygens (including phenoxy) is 1. The van der Waals surface area contributed by atoms with Gasteiger partial charge in [-0.15, -0.1) is 0 Å². The van der Waals surface area contributed by atoms with Crippen molar-refractivity contribution in [1.82, 2.24) is 4.98 Å². The van der Waals surface area contributed by atoms with Gasteiger partial charge in [0, 0.05) is 18.6 Å². The summed E-state index contributed by atoms with van der Waals surface area (Å²) in [6.07, 6.45) is 10.6. The lowest BCUT2D eigenvalue weighted by Gasteiger charge is -2.26. The summed E-state index contributed by atoms with van der Waals surface area (Å²) in [5.41, 5.74) is 1.74. The van der Waals surface area contributed by atoms with Gasteiger partial charge >= 0.3 is 0 Å². The molecule has 0 fully saturated rings. The minimum atomic E-state index is -0.472. The Hall–Kier alpha value is -2.42. The molecule has 0 bridgehead atoms. The molecule has 0 N–H and O–H groups in total. The van der Waals surface area contributed by atoms with E-state index >= 15 is 0 Å². The van der Waals surface area contributed by atoms with E-state index in [1.807, 2.05) is 48.9 Å². The third kappa shape index (κ3) is 3.34. The summed E-state index contributed by atoms with van der Waals surface area (Å²) >= 11 is 0. The average molecular weight is 306 g/mol. The number of benzene rings is 1. The summed E-state index contributed by atoms with van der Waals surface area (Å²) in [6.45, 7) is 5.15. The van der Waals surface area contributed by atoms with Crippen molar-refractivity contribution in [2.75, 3.05) is 6.61 Å². The van der Waals surface area contributed by atoms with E-state index in [9.17, 15) is 0 Å². The van der Waals surface area contributed by atoms with E-state index < -0.39 is 5.54 Å². The Bertz CT molecular complexity index is 693. The molecule has 1 aromatic carbocycles. The standard InChI is InChI=1S/C20H22N2O/c1-16(2)9-14-23-19-6-3-5-18(15-19)20(10-4-11-22-20)17-7-12-21-13-8-17/h3-8,10-13,15-16H,9,14H2,1-2H3. The van der Waals surface area contributed by atoms with Crippen LogP contribution in [0.3, 0.4) is 0 Å². The zero-order valence-electron chi connectivity index (χ0n) is 13.6. The molecule has 0 spiro atoms. The molecular weight excluding hydrogens is 284 g/mol. The molecule has 0 aliphatic carbocycles. The molecule has 2 heterocycles. The van der Waals surface area contributed by atoms with Crippen LogP contribution in [0, 0.1) is 5.92 Å². The summed E-state index contributed by atoms with van der Waals surface area (Å²) in [4.78, 5) is 8.85. The predicted molar refractivity (Wildman–Crippen MR) is 94.0 cm³/mol. The quantitative estimate of drug-likeness (QED) is 0.793. The highest BCUT2D eigenvalue weighted by Crippen LogP contribution is 2.38. The Morgan fingerprint density at radius 2 is 1.91 bits per heavy atom. The summed E-state index contributed by atoms with van der Waals surface area (Å²) in [6, 6.07) is 12.3. The number of allylic oxidation sites excluding steroid dienone is 1. The fourth-order valence-corrected chi connectivity index (χ4v) is 2.74. The molecule has 23 heavy (non-hydrogen) atoms. The first kappa shape index (κ1) is 15.5. The van der Waals surface area contributed by atoms with Gasteiger partial charge in [0.05, 0.1) is 6.61 Å². The zero-order valence-corrected chi connectivity index (χ0v) is 13.6. The van der Waals surface area contributed by atoms with Gasteiger partial charge in [-0.25, -0.2) is 0 Å². The Morgan fingerprint density at radius 1 is 1.09 bits per heavy atom. The van der Waals surface area contributed by atoms with Crippen LogP contribution in [-0.4, -0.2) is 17.8 Å². The van der Waals surface area contributed by atoms with E-state index in [1.54, 1.807) is 0 Å². The molecule has 1 unspecified atom stereocenters. The fourth-order valence-electron chi connectivity index (χ4n) is 2.74. The minimum absolute atomic E-state index is 0.472. The Kier molecular flexibility index (Phi) is 4.56. The maximum atomic E-state index is 5.91. The Labute approximate surface area is 137 Å². The fraction of sp³-hybridized carbons (Fsp3) is 0.300. The summed E-state index contributed by atoms with van der Waals surface area (Å²) < 4.78 is 5.91. The van der Waals surface area contributed by atoms with Crippen molar-refractivity contribution in [3.63, 3.8) is 0 Å². The van der Waals surface area contributed by atoms with Crippen LogP contribution in [0.1, 0.15) is 31.4 Å². The molecule has 1 aliphatic heterocycles. The molecule has 3 nitrogen and oxygen atoms in total. The SMILES string of the molecule is CC(C)CCOc1cccc(C2(c3ccncc3)C=CC=N2)c1. The van der Waals surface area contributed by atoms with Gasteiger partial charge in [-0.3, -0.25) is 9.98 Å². The number of hydrogen-bond acceptors (Lipinski definition) is 3. The van der Waals surface area contributed by atoms with Gasteiger partial charge in [0.15, 0.2) is 0 Å². The number of aromatic nitrogens is 1. The lowest BCUT2D eigenvalue weighted by Crippen LogP contribution is -2.21. The number of rotatable bonds is 6. The van der Waals surface area contributed by atoms with Crippen molar-refractivity contribution in [2.45, 2.75) is 25.8 Å². The second kappa shape index (κ2) is 6.78. The normalized spacial score (nSPS) is 19.4. The molecule has 3 heteroatoms. The smallest absolute Gasteiger partial charge is 0.129 e. The second-order valence-electron chi connectivity index (χ2n) is 6.20. The van der Waals surface area contributed by atoms with E-state index in [-0.39, 0.29) is 0 Å². The Morgan fingerprint density at radius 3 is 2.61 bits per heavy atom. The molecule has 0 saturated carbocycles. The monoisotopic (exact) mass is 306 g/mol. The summed E-state index contributed by atoms with van der Waals surface area (Å²) in [5.74, 6) is 1.54. The molecule has 0 radical (unpaired) electrons. The topological polar surface area (TPSA) is 34.5 Å². The molecule has 0 saturated heterocycles. The predicted octanol–water partition coefficient (Wildman–Crippen LogP) is 4.39. The largest absolute Gasteiger partial charge is 0.494 e. The number of pyridine rings is 1. The zero-order chi connectivity index (χ0) is 16.1. The van der Waals surface area contributed by atoms with Crippen molar-refractivity contribution in [2.24, 2.45) is 10.9 Å². The third-order valence-corrected chi connectivity index (χ3v) is 4.06. The van der Waals surface area contributed by atoms with Crippen molar-refractivity contribution in [3.05, 3.63) is 72.1 Å². The third-order valence-electron chi connectivity index (χ3n) is 4.06. The highest BCUT2D eigenvalue weighted by molar-refractivity contribution is 5.77. The van der Waals surface area contributed by atoms with Gasteiger partial charge < -0.3 is 4.74 Å². The van der Waals surface area contributed by atoms with Gasteiger partial charge in [-0.2, -0.15) is 0 Å². The van der Waals surface area contributed by atoms with E-state index in [4.69, 9.17) is 9.73 Å². The second-order valence-corrected chi connectivity index (χ2v) is 6.20. The van der Waals surface area contributed by atoms with Crippen LogP contribution in [0.2, 0.25) is 0 Å². The summed E-state index contributed by atoms with van der Waals surface area (Å²) in [7, 11) is 0. The first-order valence-corrected chi connectivity index (χ1v) is 8.07. The van der Waals surface area contributed by atoms with Crippen LogP contribution in [0.4, 0.5) is 0 Å². The minimum Gasteiger partial charge on any atom is -0.494 e. The van der Waals surface area contributed by atoms with Crippen LogP contribution < -0.4 is 4.74 Å². The van der Waals surface area contributed by atoms with Crippen LogP contribution in [0.15, 0.2) is 65.9 Å². The van der Waals surface area contributed by atoms with E-state index in [0.29, 0.717) is 5.92 Å². The van der Waals surface area contributed by atoms with Gasteiger partial charge in [0.25, 0.3) is 0 Å². The number of nitrogens with zero attached hydrogens (tertiary/aromatic N) is 2. The van der Waals surface area contributed by atoms with Crippen LogP contribution in [0.5, 0.6) is 5.75 Å². The highest BCUT2D eigenvalue weighted by atomic mass is 16.5. The molecule has 1 atom stereocenters. The van der Waals surface area contributed by atoms with Gasteiger partial charge in [-0.05, 0) is 59.9 Å². The van der Waals surface area contributed by atoms with Crippen LogP contribution >= 0.6 is 0 Å². The van der Waals surface area contributed by atoms with Crippen molar-refractivity contribution >= 4 is 6.21 Å². The molecule has 0 amide bonds. The first-order chi connectivity index (χ1) is 11.2. The van der Waals surface area contributed by atoms with Gasteiger partial charge in [0.1, 0.15) is 11.3 Å². The van der Waals surface area contributed by atoms with Crippen LogP contribution in [-0.2, 0) is 5.54 Å². The average Bonchev–Trinajstić information content (AvgIpc) is 3.07. The van der Waals surface area contributed by atoms with Crippen molar-refractivity contribution in [1.29, 1.82) is 0 Å². The molecule has 3 rings (SSSR count). The number of aliphatic imine (C=N–C) groups is 1. The summed E-state index contributed by atoms with van der Waals surface area (Å²) in [5, 5.41) is 0. The van der Waals surface area contributed by atoms with E-state index in [1.165, 1.54) is 0 Å². The van der Waals surface area contributed by atoms with Gasteiger partial charge in [0.2, 0.25) is 0 Å².